The first-order chi connectivity index (χ1) is 5.90. The smallest absolute Gasteiger partial charge is 0.141 e. The van der Waals surface area contributed by atoms with Gasteiger partial charge in [-0.2, -0.15) is 0 Å². The van der Waals surface area contributed by atoms with Crippen molar-refractivity contribution in [3.8, 4) is 0 Å². The van der Waals surface area contributed by atoms with Crippen LogP contribution in [0.3, 0.4) is 0 Å². The Bertz CT molecular complexity index is 251. The highest BCUT2D eigenvalue weighted by molar-refractivity contribution is 5.14. The minimum atomic E-state index is 0.435. The summed E-state index contributed by atoms with van der Waals surface area (Å²) in [5.74, 6) is 1.45. The molecular formula is C9H13N3. The minimum Gasteiger partial charge on any atom is -0.324 e. The number of aromatic nitrogens is 2. The molecule has 12 heavy (non-hydrogen) atoms. The molecule has 1 aliphatic carbocycles. The van der Waals surface area contributed by atoms with Crippen molar-refractivity contribution in [3.63, 3.8) is 0 Å². The summed E-state index contributed by atoms with van der Waals surface area (Å²) in [4.78, 5) is 8.33. The van der Waals surface area contributed by atoms with Crippen molar-refractivity contribution < 1.29 is 0 Å². The monoisotopic (exact) mass is 163 g/mol. The second-order valence-electron chi connectivity index (χ2n) is 3.26. The fourth-order valence-electron chi connectivity index (χ4n) is 1.42. The van der Waals surface area contributed by atoms with Crippen LogP contribution in [0.15, 0.2) is 12.4 Å². The summed E-state index contributed by atoms with van der Waals surface area (Å²) in [6.07, 6.45) is 7.78. The number of rotatable bonds is 2. The van der Waals surface area contributed by atoms with Crippen LogP contribution in [0.5, 0.6) is 0 Å². The number of nitrogens with two attached hydrogens (primary N) is 1. The summed E-state index contributed by atoms with van der Waals surface area (Å²) in [6, 6.07) is 0. The molecule has 0 unspecified atom stereocenters. The van der Waals surface area contributed by atoms with E-state index < -0.39 is 0 Å². The van der Waals surface area contributed by atoms with E-state index in [1.165, 1.54) is 24.8 Å². The van der Waals surface area contributed by atoms with Gasteiger partial charge in [0.15, 0.2) is 0 Å². The Morgan fingerprint density at radius 2 is 2.00 bits per heavy atom. The van der Waals surface area contributed by atoms with Crippen LogP contribution in [0.2, 0.25) is 0 Å². The molecule has 0 saturated heterocycles. The van der Waals surface area contributed by atoms with Gasteiger partial charge in [0, 0.05) is 12.4 Å². The van der Waals surface area contributed by atoms with E-state index in [2.05, 4.69) is 9.97 Å². The number of hydrogen-bond donors (Lipinski definition) is 1. The van der Waals surface area contributed by atoms with Gasteiger partial charge in [0.25, 0.3) is 0 Å². The van der Waals surface area contributed by atoms with Crippen molar-refractivity contribution in [3.05, 3.63) is 23.8 Å². The van der Waals surface area contributed by atoms with Crippen molar-refractivity contribution in [2.75, 3.05) is 0 Å². The maximum Gasteiger partial charge on any atom is 0.141 e. The van der Waals surface area contributed by atoms with Gasteiger partial charge < -0.3 is 5.73 Å². The lowest BCUT2D eigenvalue weighted by Crippen LogP contribution is -2.11. The van der Waals surface area contributed by atoms with E-state index in [0.717, 1.165) is 11.7 Å². The van der Waals surface area contributed by atoms with Crippen LogP contribution in [-0.2, 0) is 6.54 Å². The van der Waals surface area contributed by atoms with Crippen LogP contribution >= 0.6 is 0 Å². The van der Waals surface area contributed by atoms with E-state index in [-0.39, 0.29) is 0 Å². The number of nitrogens with zero attached hydrogens (tertiary/aromatic N) is 2. The van der Waals surface area contributed by atoms with Gasteiger partial charge in [-0.15, -0.1) is 0 Å². The molecule has 2 rings (SSSR count). The Morgan fingerprint density at radius 1 is 1.33 bits per heavy atom. The Hall–Kier alpha value is -0.960. The highest BCUT2D eigenvalue weighted by Crippen LogP contribution is 2.35. The average molecular weight is 163 g/mol. The van der Waals surface area contributed by atoms with E-state index in [1.807, 2.05) is 12.4 Å². The molecule has 1 aromatic rings. The molecule has 1 aliphatic rings. The molecule has 0 aliphatic heterocycles. The van der Waals surface area contributed by atoms with Gasteiger partial charge in [0.05, 0.1) is 6.54 Å². The quantitative estimate of drug-likeness (QED) is 0.712. The molecule has 1 aromatic heterocycles. The summed E-state index contributed by atoms with van der Waals surface area (Å²) < 4.78 is 0. The van der Waals surface area contributed by atoms with E-state index in [1.54, 1.807) is 0 Å². The predicted molar refractivity (Wildman–Crippen MR) is 46.5 cm³/mol. The molecule has 1 fully saturated rings. The number of hydrogen-bond acceptors (Lipinski definition) is 3. The van der Waals surface area contributed by atoms with E-state index >= 15 is 0 Å². The summed E-state index contributed by atoms with van der Waals surface area (Å²) in [7, 11) is 0. The largest absolute Gasteiger partial charge is 0.324 e. The molecule has 1 saturated carbocycles. The van der Waals surface area contributed by atoms with Crippen molar-refractivity contribution in [2.45, 2.75) is 31.7 Å². The van der Waals surface area contributed by atoms with E-state index in [9.17, 15) is 0 Å². The lowest BCUT2D eigenvalue weighted by molar-refractivity contribution is 0.417. The molecule has 0 aromatic carbocycles. The van der Waals surface area contributed by atoms with Gasteiger partial charge >= 0.3 is 0 Å². The molecule has 2 N–H and O–H groups in total. The van der Waals surface area contributed by atoms with Crippen molar-refractivity contribution >= 4 is 0 Å². The van der Waals surface area contributed by atoms with E-state index in [4.69, 9.17) is 5.73 Å². The maximum absolute atomic E-state index is 5.40. The first-order valence-electron chi connectivity index (χ1n) is 4.41. The van der Waals surface area contributed by atoms with Crippen LogP contribution < -0.4 is 5.73 Å². The Labute approximate surface area is 72.0 Å². The Balaban J connectivity index is 2.13. The van der Waals surface area contributed by atoms with Crippen LogP contribution in [0.4, 0.5) is 0 Å². The zero-order chi connectivity index (χ0) is 8.39. The lowest BCUT2D eigenvalue weighted by Gasteiger charge is -2.24. The summed E-state index contributed by atoms with van der Waals surface area (Å²) in [5, 5.41) is 0. The van der Waals surface area contributed by atoms with E-state index in [0.29, 0.717) is 6.54 Å². The summed E-state index contributed by atoms with van der Waals surface area (Å²) in [5.41, 5.74) is 6.67. The zero-order valence-corrected chi connectivity index (χ0v) is 7.03. The predicted octanol–water partition coefficient (Wildman–Crippen LogP) is 1.20. The SMILES string of the molecule is NCc1ncc(C2CCC2)cn1. The Kier molecular flexibility index (Phi) is 2.04. The van der Waals surface area contributed by atoms with Crippen LogP contribution in [0.1, 0.15) is 36.6 Å². The molecule has 1 heterocycles. The van der Waals surface area contributed by atoms with Gasteiger partial charge in [-0.05, 0) is 24.3 Å². The molecule has 0 atom stereocenters. The lowest BCUT2D eigenvalue weighted by atomic mass is 9.81. The standard InChI is InChI=1S/C9H13N3/c10-4-9-11-5-8(6-12-9)7-2-1-3-7/h5-7H,1-4,10H2. The zero-order valence-electron chi connectivity index (χ0n) is 7.03. The van der Waals surface area contributed by atoms with Crippen LogP contribution in [0, 0.1) is 0 Å². The first-order valence-corrected chi connectivity index (χ1v) is 4.41. The molecule has 0 radical (unpaired) electrons. The normalized spacial score (nSPS) is 17.4. The molecule has 3 nitrogen and oxygen atoms in total. The highest BCUT2D eigenvalue weighted by Gasteiger charge is 2.19. The third-order valence-corrected chi connectivity index (χ3v) is 2.48. The van der Waals surface area contributed by atoms with Gasteiger partial charge in [0.2, 0.25) is 0 Å². The van der Waals surface area contributed by atoms with Gasteiger partial charge in [0.1, 0.15) is 5.82 Å². The van der Waals surface area contributed by atoms with Gasteiger partial charge in [-0.3, -0.25) is 0 Å². The van der Waals surface area contributed by atoms with Crippen molar-refractivity contribution in [1.29, 1.82) is 0 Å². The maximum atomic E-state index is 5.40. The topological polar surface area (TPSA) is 51.8 Å². The molecule has 0 amide bonds. The highest BCUT2D eigenvalue weighted by atomic mass is 14.9. The van der Waals surface area contributed by atoms with Crippen molar-refractivity contribution in [1.82, 2.24) is 9.97 Å². The second kappa shape index (κ2) is 3.19. The molecular weight excluding hydrogens is 150 g/mol. The summed E-state index contributed by atoms with van der Waals surface area (Å²) >= 11 is 0. The van der Waals surface area contributed by atoms with Gasteiger partial charge in [-0.1, -0.05) is 6.42 Å². The minimum absolute atomic E-state index is 0.435. The van der Waals surface area contributed by atoms with Crippen LogP contribution in [-0.4, -0.2) is 9.97 Å². The average Bonchev–Trinajstić information content (AvgIpc) is 2.03. The third-order valence-electron chi connectivity index (χ3n) is 2.48. The third kappa shape index (κ3) is 1.32. The Morgan fingerprint density at radius 3 is 2.42 bits per heavy atom. The van der Waals surface area contributed by atoms with Crippen LogP contribution in [0.25, 0.3) is 0 Å². The fraction of sp³-hybridized carbons (Fsp3) is 0.556. The second-order valence-corrected chi connectivity index (χ2v) is 3.26. The molecule has 0 bridgehead atoms. The van der Waals surface area contributed by atoms with Crippen molar-refractivity contribution in [2.24, 2.45) is 5.73 Å². The van der Waals surface area contributed by atoms with Gasteiger partial charge in [-0.25, -0.2) is 9.97 Å². The first kappa shape index (κ1) is 7.68. The molecule has 0 spiro atoms. The molecule has 64 valence electrons. The fourth-order valence-corrected chi connectivity index (χ4v) is 1.42. The molecule has 3 heteroatoms. The summed E-state index contributed by atoms with van der Waals surface area (Å²) in [6.45, 7) is 0.435.